The Morgan fingerprint density at radius 1 is 1.58 bits per heavy atom. The first kappa shape index (κ1) is 14.1. The fourth-order valence-corrected chi connectivity index (χ4v) is 2.39. The number of hydrogen-bond donors (Lipinski definition) is 0. The van der Waals surface area contributed by atoms with Crippen LogP contribution in [0.4, 0.5) is 0 Å². The van der Waals surface area contributed by atoms with Gasteiger partial charge in [-0.2, -0.15) is 0 Å². The zero-order valence-corrected chi connectivity index (χ0v) is 12.1. The molecule has 1 saturated heterocycles. The molecule has 0 saturated carbocycles. The van der Waals surface area contributed by atoms with Crippen molar-refractivity contribution >= 4 is 17.5 Å². The summed E-state index contributed by atoms with van der Waals surface area (Å²) in [5.41, 5.74) is 1.04. The van der Waals surface area contributed by atoms with Gasteiger partial charge >= 0.3 is 0 Å². The van der Waals surface area contributed by atoms with Crippen LogP contribution >= 0.6 is 11.6 Å². The van der Waals surface area contributed by atoms with Crippen LogP contribution in [0.25, 0.3) is 0 Å². The Hall–Kier alpha value is -1.29. The third-order valence-corrected chi connectivity index (χ3v) is 3.48. The molecule has 0 spiro atoms. The summed E-state index contributed by atoms with van der Waals surface area (Å²) in [6.45, 7) is 5.26. The van der Waals surface area contributed by atoms with Crippen molar-refractivity contribution < 1.29 is 9.53 Å². The van der Waals surface area contributed by atoms with E-state index in [-0.39, 0.29) is 17.9 Å². The lowest BCUT2D eigenvalue weighted by atomic mass is 10.1. The first-order valence-corrected chi connectivity index (χ1v) is 7.07. The van der Waals surface area contributed by atoms with E-state index in [4.69, 9.17) is 16.3 Å². The number of likely N-dealkylation sites (tertiary alicyclic amines) is 1. The maximum absolute atomic E-state index is 11.8. The molecule has 0 bridgehead atoms. The van der Waals surface area contributed by atoms with Crippen LogP contribution in [0.2, 0.25) is 0 Å². The van der Waals surface area contributed by atoms with Crippen LogP contribution in [0.1, 0.15) is 25.8 Å². The SMILES string of the molecule is CC(C)Oc1cc(CN2CC(CCl)CC2=O)ccn1. The van der Waals surface area contributed by atoms with Gasteiger partial charge in [-0.15, -0.1) is 11.6 Å². The van der Waals surface area contributed by atoms with Gasteiger partial charge in [-0.3, -0.25) is 4.79 Å². The van der Waals surface area contributed by atoms with Crippen molar-refractivity contribution in [1.29, 1.82) is 0 Å². The summed E-state index contributed by atoms with van der Waals surface area (Å²) in [5.74, 6) is 1.60. The van der Waals surface area contributed by atoms with E-state index in [1.165, 1.54) is 0 Å². The van der Waals surface area contributed by atoms with Crippen LogP contribution < -0.4 is 4.74 Å². The lowest BCUT2D eigenvalue weighted by molar-refractivity contribution is -0.128. The maximum Gasteiger partial charge on any atom is 0.223 e. The summed E-state index contributed by atoms with van der Waals surface area (Å²) in [7, 11) is 0. The minimum absolute atomic E-state index is 0.0943. The molecule has 0 radical (unpaired) electrons. The number of hydrogen-bond acceptors (Lipinski definition) is 3. The van der Waals surface area contributed by atoms with Crippen LogP contribution in [0.3, 0.4) is 0 Å². The molecule has 1 aromatic rings. The summed E-state index contributed by atoms with van der Waals surface area (Å²) in [4.78, 5) is 17.8. The number of ether oxygens (including phenoxy) is 1. The van der Waals surface area contributed by atoms with Crippen molar-refractivity contribution in [3.8, 4) is 5.88 Å². The number of nitrogens with zero attached hydrogens (tertiary/aromatic N) is 2. The minimum atomic E-state index is 0.0943. The van der Waals surface area contributed by atoms with Gasteiger partial charge in [-0.05, 0) is 31.4 Å². The van der Waals surface area contributed by atoms with E-state index in [2.05, 4.69) is 4.98 Å². The highest BCUT2D eigenvalue weighted by molar-refractivity contribution is 6.18. The van der Waals surface area contributed by atoms with Crippen molar-refractivity contribution in [3.63, 3.8) is 0 Å². The number of amides is 1. The molecule has 1 aliphatic rings. The molecule has 2 heterocycles. The molecular weight excluding hydrogens is 264 g/mol. The Morgan fingerprint density at radius 2 is 2.37 bits per heavy atom. The summed E-state index contributed by atoms with van der Waals surface area (Å²) in [6.07, 6.45) is 2.37. The van der Waals surface area contributed by atoms with Crippen LogP contribution in [-0.4, -0.2) is 34.3 Å². The predicted molar refractivity (Wildman–Crippen MR) is 74.2 cm³/mol. The average Bonchev–Trinajstić information content (AvgIpc) is 2.70. The number of aromatic nitrogens is 1. The molecule has 1 atom stereocenters. The van der Waals surface area contributed by atoms with Gasteiger partial charge in [0, 0.05) is 37.7 Å². The molecule has 0 aromatic carbocycles. The molecule has 1 fully saturated rings. The van der Waals surface area contributed by atoms with E-state index in [0.29, 0.717) is 24.7 Å². The number of rotatable bonds is 5. The van der Waals surface area contributed by atoms with Crippen LogP contribution in [-0.2, 0) is 11.3 Å². The molecule has 1 aromatic heterocycles. The van der Waals surface area contributed by atoms with Crippen molar-refractivity contribution in [2.75, 3.05) is 12.4 Å². The van der Waals surface area contributed by atoms with Crippen molar-refractivity contribution in [2.24, 2.45) is 5.92 Å². The van der Waals surface area contributed by atoms with Crippen molar-refractivity contribution in [2.45, 2.75) is 32.9 Å². The van der Waals surface area contributed by atoms with Gasteiger partial charge in [0.2, 0.25) is 11.8 Å². The first-order valence-electron chi connectivity index (χ1n) is 6.53. The van der Waals surface area contributed by atoms with E-state index in [1.807, 2.05) is 30.9 Å². The molecule has 4 nitrogen and oxygen atoms in total. The molecule has 0 N–H and O–H groups in total. The smallest absolute Gasteiger partial charge is 0.223 e. The standard InChI is InChI=1S/C14H19ClN2O2/c1-10(2)19-13-5-11(3-4-16-13)8-17-9-12(7-15)6-14(17)18/h3-5,10,12H,6-9H2,1-2H3. The Kier molecular flexibility index (Phi) is 4.64. The number of carbonyl (C=O) groups excluding carboxylic acids is 1. The van der Waals surface area contributed by atoms with Crippen LogP contribution in [0, 0.1) is 5.92 Å². The number of carbonyl (C=O) groups is 1. The second-order valence-corrected chi connectivity index (χ2v) is 5.48. The molecule has 1 aliphatic heterocycles. The van der Waals surface area contributed by atoms with Gasteiger partial charge < -0.3 is 9.64 Å². The Morgan fingerprint density at radius 3 is 3.00 bits per heavy atom. The Balaban J connectivity index is 2.01. The van der Waals surface area contributed by atoms with E-state index in [1.54, 1.807) is 6.20 Å². The molecule has 104 valence electrons. The number of pyridine rings is 1. The average molecular weight is 283 g/mol. The number of halogens is 1. The molecule has 2 rings (SSSR count). The highest BCUT2D eigenvalue weighted by Crippen LogP contribution is 2.22. The summed E-state index contributed by atoms with van der Waals surface area (Å²) in [5, 5.41) is 0. The maximum atomic E-state index is 11.8. The van der Waals surface area contributed by atoms with Gasteiger partial charge in [0.25, 0.3) is 0 Å². The third kappa shape index (κ3) is 3.83. The second kappa shape index (κ2) is 6.24. The lowest BCUT2D eigenvalue weighted by Gasteiger charge is -2.17. The summed E-state index contributed by atoms with van der Waals surface area (Å²) < 4.78 is 5.55. The summed E-state index contributed by atoms with van der Waals surface area (Å²) in [6, 6.07) is 3.80. The lowest BCUT2D eigenvalue weighted by Crippen LogP contribution is -2.24. The largest absolute Gasteiger partial charge is 0.475 e. The van der Waals surface area contributed by atoms with Gasteiger partial charge in [0.15, 0.2) is 0 Å². The highest BCUT2D eigenvalue weighted by Gasteiger charge is 2.28. The highest BCUT2D eigenvalue weighted by atomic mass is 35.5. The minimum Gasteiger partial charge on any atom is -0.475 e. The zero-order chi connectivity index (χ0) is 13.8. The second-order valence-electron chi connectivity index (χ2n) is 5.17. The van der Waals surface area contributed by atoms with Crippen LogP contribution in [0.5, 0.6) is 5.88 Å². The molecular formula is C14H19ClN2O2. The van der Waals surface area contributed by atoms with Gasteiger partial charge in [0.05, 0.1) is 6.10 Å². The van der Waals surface area contributed by atoms with Crippen molar-refractivity contribution in [3.05, 3.63) is 23.9 Å². The molecule has 1 unspecified atom stereocenters. The van der Waals surface area contributed by atoms with E-state index < -0.39 is 0 Å². The molecule has 1 amide bonds. The number of alkyl halides is 1. The molecule has 5 heteroatoms. The Bertz CT molecular complexity index is 451. The van der Waals surface area contributed by atoms with E-state index >= 15 is 0 Å². The quantitative estimate of drug-likeness (QED) is 0.779. The predicted octanol–water partition coefficient (Wildman–Crippen LogP) is 2.46. The Labute approximate surface area is 118 Å². The van der Waals surface area contributed by atoms with E-state index in [0.717, 1.165) is 12.1 Å². The zero-order valence-electron chi connectivity index (χ0n) is 11.3. The van der Waals surface area contributed by atoms with E-state index in [9.17, 15) is 4.79 Å². The topological polar surface area (TPSA) is 42.4 Å². The fraction of sp³-hybridized carbons (Fsp3) is 0.571. The normalized spacial score (nSPS) is 19.3. The van der Waals surface area contributed by atoms with Gasteiger partial charge in [-0.25, -0.2) is 4.98 Å². The van der Waals surface area contributed by atoms with Gasteiger partial charge in [-0.1, -0.05) is 0 Å². The monoisotopic (exact) mass is 282 g/mol. The third-order valence-electron chi connectivity index (χ3n) is 3.04. The van der Waals surface area contributed by atoms with Crippen LogP contribution in [0.15, 0.2) is 18.3 Å². The molecule has 0 aliphatic carbocycles. The van der Waals surface area contributed by atoms with Gasteiger partial charge in [0.1, 0.15) is 0 Å². The molecule has 19 heavy (non-hydrogen) atoms. The summed E-state index contributed by atoms with van der Waals surface area (Å²) >= 11 is 5.82. The fourth-order valence-electron chi connectivity index (χ4n) is 2.19. The first-order chi connectivity index (χ1) is 9.08. The van der Waals surface area contributed by atoms with Crippen molar-refractivity contribution in [1.82, 2.24) is 9.88 Å².